The number of thiocarbonyl (C=S) groups is 1. The van der Waals surface area contributed by atoms with Gasteiger partial charge in [0.05, 0.1) is 6.21 Å². The van der Waals surface area contributed by atoms with Gasteiger partial charge in [-0.05, 0) is 24.7 Å². The van der Waals surface area contributed by atoms with Crippen molar-refractivity contribution in [1.29, 1.82) is 0 Å². The molecule has 0 atom stereocenters. The number of nitrogens with one attached hydrogen (secondary N) is 2. The van der Waals surface area contributed by atoms with Gasteiger partial charge in [-0.15, -0.1) is 0 Å². The molecule has 4 nitrogen and oxygen atoms in total. The molecule has 0 radical (unpaired) electrons. The van der Waals surface area contributed by atoms with Crippen molar-refractivity contribution in [1.82, 2.24) is 10.9 Å². The van der Waals surface area contributed by atoms with Gasteiger partial charge in [-0.25, -0.2) is 5.48 Å². The van der Waals surface area contributed by atoms with Gasteiger partial charge in [0.2, 0.25) is 5.11 Å². The predicted molar refractivity (Wildman–Crippen MR) is 59.4 cm³/mol. The van der Waals surface area contributed by atoms with Crippen LogP contribution in [0.25, 0.3) is 0 Å². The van der Waals surface area contributed by atoms with Crippen molar-refractivity contribution in [2.75, 3.05) is 0 Å². The van der Waals surface area contributed by atoms with E-state index < -0.39 is 0 Å². The molecule has 0 fully saturated rings. The van der Waals surface area contributed by atoms with Crippen molar-refractivity contribution in [2.24, 2.45) is 5.10 Å². The lowest BCUT2D eigenvalue weighted by atomic mass is 10.2. The van der Waals surface area contributed by atoms with Crippen LogP contribution in [-0.4, -0.2) is 16.5 Å². The Balaban J connectivity index is 2.52. The van der Waals surface area contributed by atoms with E-state index in [-0.39, 0.29) is 5.11 Å². The average molecular weight is 209 g/mol. The standard InChI is InChI=1S/C9H11N3OS/c1-7-2-4-8(5-3-7)6-10-11-9(14)12-13/h2-6,13H,1H3,(H2,11,12,14)/b10-6+. The van der Waals surface area contributed by atoms with Crippen LogP contribution in [0, 0.1) is 6.92 Å². The van der Waals surface area contributed by atoms with Crippen LogP contribution in [0.5, 0.6) is 0 Å². The average Bonchev–Trinajstić information content (AvgIpc) is 2.21. The molecule has 0 heterocycles. The summed E-state index contributed by atoms with van der Waals surface area (Å²) in [6, 6.07) is 7.86. The minimum atomic E-state index is 0.0633. The molecule has 1 aromatic carbocycles. The second-order valence-electron chi connectivity index (χ2n) is 2.72. The third-order valence-corrected chi connectivity index (χ3v) is 1.74. The van der Waals surface area contributed by atoms with Crippen molar-refractivity contribution in [2.45, 2.75) is 6.92 Å². The van der Waals surface area contributed by atoms with Crippen LogP contribution in [0.2, 0.25) is 0 Å². The highest BCUT2D eigenvalue weighted by molar-refractivity contribution is 7.80. The van der Waals surface area contributed by atoms with Gasteiger partial charge in [0.25, 0.3) is 0 Å². The van der Waals surface area contributed by atoms with Crippen LogP contribution >= 0.6 is 12.2 Å². The predicted octanol–water partition coefficient (Wildman–Crippen LogP) is 1.18. The van der Waals surface area contributed by atoms with E-state index in [0.29, 0.717) is 0 Å². The number of hydrogen-bond donors (Lipinski definition) is 3. The third-order valence-electron chi connectivity index (χ3n) is 1.56. The highest BCUT2D eigenvalue weighted by Crippen LogP contribution is 1.99. The first-order valence-electron chi connectivity index (χ1n) is 4.02. The number of hydrazone groups is 1. The summed E-state index contributed by atoms with van der Waals surface area (Å²) in [7, 11) is 0. The lowest BCUT2D eigenvalue weighted by Crippen LogP contribution is -2.28. The molecule has 0 aromatic heterocycles. The number of aryl methyl sites for hydroxylation is 1. The SMILES string of the molecule is Cc1ccc(/C=N/NC(=S)NO)cc1. The number of nitrogens with zero attached hydrogens (tertiary/aromatic N) is 1. The highest BCUT2D eigenvalue weighted by atomic mass is 32.1. The normalized spacial score (nSPS) is 10.1. The van der Waals surface area contributed by atoms with Crippen molar-refractivity contribution in [3.63, 3.8) is 0 Å². The van der Waals surface area contributed by atoms with Gasteiger partial charge in [0, 0.05) is 0 Å². The Labute approximate surface area is 87.6 Å². The van der Waals surface area contributed by atoms with E-state index in [9.17, 15) is 0 Å². The van der Waals surface area contributed by atoms with E-state index in [1.165, 1.54) is 5.56 Å². The van der Waals surface area contributed by atoms with E-state index in [4.69, 9.17) is 5.21 Å². The van der Waals surface area contributed by atoms with Crippen LogP contribution in [0.4, 0.5) is 0 Å². The number of hydroxylamine groups is 1. The Hall–Kier alpha value is -1.46. The van der Waals surface area contributed by atoms with E-state index in [1.54, 1.807) is 11.7 Å². The zero-order valence-electron chi connectivity index (χ0n) is 7.69. The maximum absolute atomic E-state index is 8.34. The highest BCUT2D eigenvalue weighted by Gasteiger charge is 1.88. The second-order valence-corrected chi connectivity index (χ2v) is 3.13. The molecule has 74 valence electrons. The Morgan fingerprint density at radius 1 is 1.43 bits per heavy atom. The Bertz CT molecular complexity index is 334. The van der Waals surface area contributed by atoms with Crippen LogP contribution in [-0.2, 0) is 0 Å². The second kappa shape index (κ2) is 5.31. The van der Waals surface area contributed by atoms with Crippen molar-refractivity contribution in [3.05, 3.63) is 35.4 Å². The van der Waals surface area contributed by atoms with Crippen molar-refractivity contribution in [3.8, 4) is 0 Å². The fraction of sp³-hybridized carbons (Fsp3) is 0.111. The summed E-state index contributed by atoms with van der Waals surface area (Å²) < 4.78 is 0. The molecular formula is C9H11N3OS. The number of benzene rings is 1. The maximum Gasteiger partial charge on any atom is 0.211 e. The molecule has 0 saturated carbocycles. The van der Waals surface area contributed by atoms with E-state index >= 15 is 0 Å². The molecule has 5 heteroatoms. The smallest absolute Gasteiger partial charge is 0.211 e. The van der Waals surface area contributed by atoms with Crippen LogP contribution < -0.4 is 10.9 Å². The molecule has 0 amide bonds. The van der Waals surface area contributed by atoms with E-state index in [1.807, 2.05) is 31.2 Å². The first-order chi connectivity index (χ1) is 6.72. The summed E-state index contributed by atoms with van der Waals surface area (Å²) in [4.78, 5) is 0. The Morgan fingerprint density at radius 3 is 2.64 bits per heavy atom. The molecule has 0 aliphatic rings. The summed E-state index contributed by atoms with van der Waals surface area (Å²) in [6.45, 7) is 2.02. The molecule has 1 aromatic rings. The van der Waals surface area contributed by atoms with Crippen LogP contribution in [0.15, 0.2) is 29.4 Å². The molecule has 0 aliphatic heterocycles. The molecule has 1 rings (SSSR count). The fourth-order valence-electron chi connectivity index (χ4n) is 0.843. The van der Waals surface area contributed by atoms with E-state index in [0.717, 1.165) is 5.56 Å². The topological polar surface area (TPSA) is 56.7 Å². The molecule has 0 aliphatic carbocycles. The minimum absolute atomic E-state index is 0.0633. The van der Waals surface area contributed by atoms with Gasteiger partial charge in [-0.3, -0.25) is 10.6 Å². The first kappa shape index (κ1) is 10.6. The van der Waals surface area contributed by atoms with Crippen molar-refractivity contribution >= 4 is 23.5 Å². The van der Waals surface area contributed by atoms with Gasteiger partial charge in [0.15, 0.2) is 0 Å². The third kappa shape index (κ3) is 3.51. The molecule has 14 heavy (non-hydrogen) atoms. The van der Waals surface area contributed by atoms with Crippen molar-refractivity contribution < 1.29 is 5.21 Å². The molecule has 0 unspecified atom stereocenters. The summed E-state index contributed by atoms with van der Waals surface area (Å²) in [5, 5.41) is 12.2. The Morgan fingerprint density at radius 2 is 2.07 bits per heavy atom. The lowest BCUT2D eigenvalue weighted by Gasteiger charge is -1.98. The molecular weight excluding hydrogens is 198 g/mol. The summed E-state index contributed by atoms with van der Waals surface area (Å²) in [5.74, 6) is 0. The van der Waals surface area contributed by atoms with Gasteiger partial charge in [-0.2, -0.15) is 5.10 Å². The zero-order chi connectivity index (χ0) is 10.4. The summed E-state index contributed by atoms with van der Waals surface area (Å²) >= 11 is 4.61. The fourth-order valence-corrected chi connectivity index (χ4v) is 0.896. The van der Waals surface area contributed by atoms with Gasteiger partial charge >= 0.3 is 0 Å². The molecule has 0 bridgehead atoms. The lowest BCUT2D eigenvalue weighted by molar-refractivity contribution is 0.233. The number of hydrogen-bond acceptors (Lipinski definition) is 3. The molecule has 0 spiro atoms. The van der Waals surface area contributed by atoms with Crippen LogP contribution in [0.3, 0.4) is 0 Å². The van der Waals surface area contributed by atoms with Gasteiger partial charge in [-0.1, -0.05) is 29.8 Å². The zero-order valence-corrected chi connectivity index (χ0v) is 8.51. The quantitative estimate of drug-likeness (QED) is 0.389. The first-order valence-corrected chi connectivity index (χ1v) is 4.43. The van der Waals surface area contributed by atoms with Gasteiger partial charge < -0.3 is 0 Å². The molecule has 0 saturated heterocycles. The minimum Gasteiger partial charge on any atom is -0.289 e. The summed E-state index contributed by atoms with van der Waals surface area (Å²) in [6.07, 6.45) is 1.61. The Kier molecular flexibility index (Phi) is 4.03. The van der Waals surface area contributed by atoms with E-state index in [2.05, 4.69) is 22.7 Å². The largest absolute Gasteiger partial charge is 0.289 e. The van der Waals surface area contributed by atoms with Gasteiger partial charge in [0.1, 0.15) is 0 Å². The number of rotatable bonds is 2. The summed E-state index contributed by atoms with van der Waals surface area (Å²) in [5.41, 5.74) is 6.36. The van der Waals surface area contributed by atoms with Crippen LogP contribution in [0.1, 0.15) is 11.1 Å². The monoisotopic (exact) mass is 209 g/mol. The maximum atomic E-state index is 8.34. The molecule has 3 N–H and O–H groups in total.